The van der Waals surface area contributed by atoms with Crippen molar-refractivity contribution >= 4 is 11.6 Å². The van der Waals surface area contributed by atoms with Gasteiger partial charge in [-0.3, -0.25) is 4.79 Å². The van der Waals surface area contributed by atoms with Gasteiger partial charge in [0.1, 0.15) is 23.0 Å². The molecule has 0 saturated carbocycles. The number of methoxy groups -OCH3 is 2. The van der Waals surface area contributed by atoms with Gasteiger partial charge >= 0.3 is 0 Å². The van der Waals surface area contributed by atoms with Gasteiger partial charge in [0.05, 0.1) is 31.2 Å². The van der Waals surface area contributed by atoms with Crippen molar-refractivity contribution < 1.29 is 27.4 Å². The predicted molar refractivity (Wildman–Crippen MR) is 116 cm³/mol. The molecule has 1 heterocycles. The first-order valence-corrected chi connectivity index (χ1v) is 9.74. The zero-order chi connectivity index (χ0) is 23.5. The number of halogens is 3. The number of nitrogens with one attached hydrogen (secondary N) is 1. The first-order chi connectivity index (χ1) is 15.9. The van der Waals surface area contributed by atoms with Crippen molar-refractivity contribution in [3.63, 3.8) is 0 Å². The lowest BCUT2D eigenvalue weighted by Crippen LogP contribution is -2.14. The van der Waals surface area contributed by atoms with E-state index in [-0.39, 0.29) is 11.3 Å². The lowest BCUT2D eigenvalue weighted by molar-refractivity contribution is 0.102. The number of hydrogen-bond donors (Lipinski definition) is 1. The molecule has 33 heavy (non-hydrogen) atoms. The van der Waals surface area contributed by atoms with E-state index in [1.54, 1.807) is 42.5 Å². The Morgan fingerprint density at radius 2 is 1.64 bits per heavy atom. The Hall–Kier alpha value is -4.27. The maximum absolute atomic E-state index is 14.1. The first kappa shape index (κ1) is 21.9. The molecule has 0 aliphatic rings. The Labute approximate surface area is 187 Å². The van der Waals surface area contributed by atoms with Crippen LogP contribution in [0.1, 0.15) is 10.4 Å². The number of anilines is 1. The first-order valence-electron chi connectivity index (χ1n) is 9.74. The molecule has 9 heteroatoms. The number of benzene rings is 3. The van der Waals surface area contributed by atoms with E-state index in [4.69, 9.17) is 9.47 Å². The van der Waals surface area contributed by atoms with Crippen LogP contribution in [0.4, 0.5) is 18.9 Å². The third-order valence-corrected chi connectivity index (χ3v) is 4.90. The molecule has 0 unspecified atom stereocenters. The summed E-state index contributed by atoms with van der Waals surface area (Å²) in [6.07, 6.45) is 1.46. The summed E-state index contributed by atoms with van der Waals surface area (Å²) in [5, 5.41) is 6.83. The van der Waals surface area contributed by atoms with Crippen LogP contribution in [0, 0.1) is 17.5 Å². The molecule has 4 rings (SSSR count). The highest BCUT2D eigenvalue weighted by Gasteiger charge is 2.23. The number of hydrogen-bond acceptors (Lipinski definition) is 4. The minimum Gasteiger partial charge on any atom is -0.497 e. The molecule has 4 aromatic rings. The molecule has 0 saturated heterocycles. The van der Waals surface area contributed by atoms with E-state index in [2.05, 4.69) is 10.4 Å². The van der Waals surface area contributed by atoms with Crippen molar-refractivity contribution in [3.05, 3.63) is 89.9 Å². The van der Waals surface area contributed by atoms with Crippen LogP contribution in [0.15, 0.2) is 66.9 Å². The largest absolute Gasteiger partial charge is 0.497 e. The molecule has 0 spiro atoms. The number of rotatable bonds is 6. The van der Waals surface area contributed by atoms with E-state index in [1.165, 1.54) is 25.1 Å². The summed E-state index contributed by atoms with van der Waals surface area (Å²) in [6.45, 7) is 0. The number of carbonyl (C=O) groups is 1. The van der Waals surface area contributed by atoms with Crippen molar-refractivity contribution in [2.24, 2.45) is 0 Å². The van der Waals surface area contributed by atoms with Gasteiger partial charge in [-0.1, -0.05) is 18.2 Å². The van der Waals surface area contributed by atoms with E-state index >= 15 is 0 Å². The molecule has 0 aliphatic heterocycles. The second-order valence-electron chi connectivity index (χ2n) is 6.94. The number of carbonyl (C=O) groups excluding carboxylic acids is 1. The Kier molecular flexibility index (Phi) is 6.03. The van der Waals surface area contributed by atoms with E-state index in [1.807, 2.05) is 6.07 Å². The van der Waals surface area contributed by atoms with Gasteiger partial charge in [0.15, 0.2) is 11.6 Å². The van der Waals surface area contributed by atoms with E-state index < -0.39 is 29.0 Å². The average molecular weight is 453 g/mol. The van der Waals surface area contributed by atoms with Gasteiger partial charge in [-0.2, -0.15) is 5.10 Å². The van der Waals surface area contributed by atoms with Crippen molar-refractivity contribution in [1.29, 1.82) is 0 Å². The fourth-order valence-corrected chi connectivity index (χ4v) is 3.26. The van der Waals surface area contributed by atoms with Crippen molar-refractivity contribution in [1.82, 2.24) is 9.78 Å². The van der Waals surface area contributed by atoms with Gasteiger partial charge in [0.25, 0.3) is 5.91 Å². The van der Waals surface area contributed by atoms with Gasteiger partial charge in [0.2, 0.25) is 0 Å². The van der Waals surface area contributed by atoms with Gasteiger partial charge in [-0.05, 0) is 30.3 Å². The minimum atomic E-state index is -1.36. The number of amides is 1. The normalized spacial score (nSPS) is 10.7. The van der Waals surface area contributed by atoms with Crippen LogP contribution in [-0.4, -0.2) is 29.9 Å². The van der Waals surface area contributed by atoms with Crippen LogP contribution < -0.4 is 14.8 Å². The summed E-state index contributed by atoms with van der Waals surface area (Å²) < 4.78 is 53.2. The van der Waals surface area contributed by atoms with Crippen molar-refractivity contribution in [2.75, 3.05) is 19.5 Å². The molecule has 0 bridgehead atoms. The van der Waals surface area contributed by atoms with Crippen LogP contribution in [-0.2, 0) is 0 Å². The number of aromatic nitrogens is 2. The molecule has 0 fully saturated rings. The number of ether oxygens (including phenoxy) is 2. The molecular formula is C24H18F3N3O3. The Bertz CT molecular complexity index is 1320. The molecule has 1 N–H and O–H groups in total. The van der Waals surface area contributed by atoms with Gasteiger partial charge in [-0.15, -0.1) is 0 Å². The molecule has 1 aromatic heterocycles. The predicted octanol–water partition coefficient (Wildman–Crippen LogP) is 5.23. The quantitative estimate of drug-likeness (QED) is 0.406. The summed E-state index contributed by atoms with van der Waals surface area (Å²) in [6, 6.07) is 15.0. The zero-order valence-electron chi connectivity index (χ0n) is 17.6. The topological polar surface area (TPSA) is 65.4 Å². The van der Waals surface area contributed by atoms with Crippen molar-refractivity contribution in [2.45, 2.75) is 0 Å². The molecule has 0 radical (unpaired) electrons. The lowest BCUT2D eigenvalue weighted by atomic mass is 10.1. The highest BCUT2D eigenvalue weighted by atomic mass is 19.2. The fraction of sp³-hybridized carbons (Fsp3) is 0.0833. The molecule has 3 aromatic carbocycles. The van der Waals surface area contributed by atoms with Crippen LogP contribution in [0.3, 0.4) is 0 Å². The molecular weight excluding hydrogens is 435 g/mol. The number of para-hydroxylation sites is 1. The Morgan fingerprint density at radius 1 is 0.909 bits per heavy atom. The Morgan fingerprint density at radius 3 is 2.33 bits per heavy atom. The summed E-state index contributed by atoms with van der Waals surface area (Å²) in [5.74, 6) is -3.62. The maximum atomic E-state index is 14.1. The molecule has 0 aliphatic carbocycles. The molecule has 0 atom stereocenters. The summed E-state index contributed by atoms with van der Waals surface area (Å²) in [7, 11) is 2.96. The van der Waals surface area contributed by atoms with E-state index in [0.717, 1.165) is 0 Å². The van der Waals surface area contributed by atoms with Gasteiger partial charge in [-0.25, -0.2) is 17.9 Å². The SMILES string of the molecule is COc1ccc(OC)c(-c2nn(-c3ccccc3)cc2C(=O)Nc2cc(F)c(F)cc2F)c1. The minimum absolute atomic E-state index is 0.0505. The van der Waals surface area contributed by atoms with Gasteiger partial charge < -0.3 is 14.8 Å². The average Bonchev–Trinajstić information content (AvgIpc) is 3.28. The Balaban J connectivity index is 1.84. The smallest absolute Gasteiger partial charge is 0.259 e. The lowest BCUT2D eigenvalue weighted by Gasteiger charge is -2.11. The van der Waals surface area contributed by atoms with Crippen LogP contribution in [0.2, 0.25) is 0 Å². The third-order valence-electron chi connectivity index (χ3n) is 4.90. The second kappa shape index (κ2) is 9.07. The van der Waals surface area contributed by atoms with E-state index in [0.29, 0.717) is 34.9 Å². The molecule has 6 nitrogen and oxygen atoms in total. The van der Waals surface area contributed by atoms with Crippen molar-refractivity contribution in [3.8, 4) is 28.4 Å². The maximum Gasteiger partial charge on any atom is 0.259 e. The monoisotopic (exact) mass is 453 g/mol. The van der Waals surface area contributed by atoms with Gasteiger partial charge in [0, 0.05) is 23.9 Å². The fourth-order valence-electron chi connectivity index (χ4n) is 3.26. The van der Waals surface area contributed by atoms with Crippen LogP contribution >= 0.6 is 0 Å². The van der Waals surface area contributed by atoms with E-state index in [9.17, 15) is 18.0 Å². The third kappa shape index (κ3) is 4.38. The summed E-state index contributed by atoms with van der Waals surface area (Å²) in [4.78, 5) is 13.1. The highest BCUT2D eigenvalue weighted by molar-refractivity contribution is 6.08. The standard InChI is InChI=1S/C24H18F3N3O3/c1-32-15-8-9-22(33-2)16(10-15)23-17(13-30(29-23)14-6-4-3-5-7-14)24(31)28-21-12-19(26)18(25)11-20(21)27/h3-13H,1-2H3,(H,28,31). The van der Waals surface area contributed by atoms with Crippen LogP contribution in [0.25, 0.3) is 16.9 Å². The van der Waals surface area contributed by atoms with Crippen LogP contribution in [0.5, 0.6) is 11.5 Å². The second-order valence-corrected chi connectivity index (χ2v) is 6.94. The molecule has 1 amide bonds. The summed E-state index contributed by atoms with van der Waals surface area (Å²) in [5.41, 5.74) is 0.876. The summed E-state index contributed by atoms with van der Waals surface area (Å²) >= 11 is 0. The molecule has 168 valence electrons. The zero-order valence-corrected chi connectivity index (χ0v) is 17.6. The highest BCUT2D eigenvalue weighted by Crippen LogP contribution is 2.35. The number of nitrogens with zero attached hydrogens (tertiary/aromatic N) is 2.